The normalized spacial score (nSPS) is 11.2. The lowest BCUT2D eigenvalue weighted by atomic mass is 9.98. The van der Waals surface area contributed by atoms with E-state index in [1.165, 1.54) is 27.1 Å². The van der Waals surface area contributed by atoms with Gasteiger partial charge in [0, 0.05) is 22.7 Å². The zero-order chi connectivity index (χ0) is 20.5. The fraction of sp³-hybridized carbons (Fsp3) is 0.250. The number of aryl methyl sites for hydroxylation is 3. The van der Waals surface area contributed by atoms with Crippen LogP contribution in [0.5, 0.6) is 0 Å². The summed E-state index contributed by atoms with van der Waals surface area (Å²) in [5.41, 5.74) is 6.13. The van der Waals surface area contributed by atoms with Gasteiger partial charge in [-0.3, -0.25) is 0 Å². The molecule has 5 heteroatoms. The molecule has 4 rings (SSSR count). The highest BCUT2D eigenvalue weighted by molar-refractivity contribution is 7.19. The van der Waals surface area contributed by atoms with Gasteiger partial charge in [0.2, 0.25) is 5.28 Å². The lowest BCUT2D eigenvalue weighted by Crippen LogP contribution is -2.18. The fourth-order valence-electron chi connectivity index (χ4n) is 3.71. The highest BCUT2D eigenvalue weighted by Crippen LogP contribution is 2.44. The number of fused-ring (bicyclic) bond motifs is 1. The molecule has 0 atom stereocenters. The van der Waals surface area contributed by atoms with E-state index < -0.39 is 0 Å². The lowest BCUT2D eigenvalue weighted by Gasteiger charge is -2.23. The number of thiophene rings is 1. The van der Waals surface area contributed by atoms with E-state index in [1.54, 1.807) is 11.3 Å². The number of benzene rings is 2. The third kappa shape index (κ3) is 3.63. The number of hydrogen-bond donors (Lipinski definition) is 0. The van der Waals surface area contributed by atoms with Crippen molar-refractivity contribution in [1.29, 1.82) is 0 Å². The van der Waals surface area contributed by atoms with Crippen LogP contribution in [0, 0.1) is 13.8 Å². The first-order valence-corrected chi connectivity index (χ1v) is 11.1. The van der Waals surface area contributed by atoms with Gasteiger partial charge in [-0.25, -0.2) is 4.98 Å². The van der Waals surface area contributed by atoms with Gasteiger partial charge in [0.15, 0.2) is 0 Å². The van der Waals surface area contributed by atoms with Crippen LogP contribution in [0.3, 0.4) is 0 Å². The van der Waals surface area contributed by atoms with Crippen molar-refractivity contribution in [3.8, 4) is 11.1 Å². The Bertz CT molecular complexity index is 1170. The molecule has 4 aromatic rings. The van der Waals surface area contributed by atoms with Gasteiger partial charge in [0.1, 0.15) is 10.6 Å². The number of para-hydroxylation sites is 1. The van der Waals surface area contributed by atoms with Crippen molar-refractivity contribution in [3.63, 3.8) is 0 Å². The molecule has 0 radical (unpaired) electrons. The molecule has 2 aromatic carbocycles. The molecular formula is C24H24ClN3S. The molecule has 0 aliphatic carbocycles. The number of aromatic nitrogens is 2. The fourth-order valence-corrected chi connectivity index (χ4v) is 5.05. The van der Waals surface area contributed by atoms with Crippen LogP contribution in [0.25, 0.3) is 21.3 Å². The molecule has 0 bridgehead atoms. The van der Waals surface area contributed by atoms with Crippen LogP contribution in [-0.2, 0) is 6.42 Å². The molecule has 29 heavy (non-hydrogen) atoms. The first-order valence-electron chi connectivity index (χ1n) is 9.92. The number of halogens is 1. The summed E-state index contributed by atoms with van der Waals surface area (Å²) in [6, 6.07) is 17.0. The summed E-state index contributed by atoms with van der Waals surface area (Å²) in [4.78, 5) is 13.8. The van der Waals surface area contributed by atoms with Crippen LogP contribution in [0.4, 0.5) is 11.5 Å². The Kier molecular flexibility index (Phi) is 5.57. The zero-order valence-electron chi connectivity index (χ0n) is 17.2. The highest BCUT2D eigenvalue weighted by Gasteiger charge is 2.23. The van der Waals surface area contributed by atoms with Crippen molar-refractivity contribution in [1.82, 2.24) is 9.97 Å². The number of nitrogens with zero attached hydrogens (tertiary/aromatic N) is 3. The molecule has 0 saturated carbocycles. The predicted octanol–water partition coefficient (Wildman–Crippen LogP) is 7.35. The molecule has 0 aliphatic heterocycles. The van der Waals surface area contributed by atoms with Gasteiger partial charge in [-0.2, -0.15) is 4.98 Å². The Hall–Kier alpha value is -2.43. The number of anilines is 2. The van der Waals surface area contributed by atoms with Crippen LogP contribution in [0.15, 0.2) is 48.5 Å². The van der Waals surface area contributed by atoms with Crippen LogP contribution in [0.1, 0.15) is 29.9 Å². The predicted molar refractivity (Wildman–Crippen MR) is 126 cm³/mol. The van der Waals surface area contributed by atoms with Crippen LogP contribution in [-0.4, -0.2) is 16.5 Å². The molecule has 0 fully saturated rings. The smallest absolute Gasteiger partial charge is 0.225 e. The van der Waals surface area contributed by atoms with E-state index in [0.717, 1.165) is 34.7 Å². The first kappa shape index (κ1) is 19.9. The minimum Gasteiger partial charge on any atom is -0.326 e. The van der Waals surface area contributed by atoms with Crippen molar-refractivity contribution in [3.05, 3.63) is 69.8 Å². The molecule has 0 amide bonds. The van der Waals surface area contributed by atoms with Crippen molar-refractivity contribution in [2.75, 3.05) is 11.4 Å². The molecule has 0 aliphatic rings. The third-order valence-electron chi connectivity index (χ3n) is 5.33. The van der Waals surface area contributed by atoms with E-state index in [-0.39, 0.29) is 5.28 Å². The Morgan fingerprint density at radius 3 is 2.38 bits per heavy atom. The van der Waals surface area contributed by atoms with Crippen molar-refractivity contribution >= 4 is 44.7 Å². The summed E-state index contributed by atoms with van der Waals surface area (Å²) in [6.45, 7) is 9.43. The Balaban J connectivity index is 2.05. The van der Waals surface area contributed by atoms with Gasteiger partial charge >= 0.3 is 0 Å². The summed E-state index contributed by atoms with van der Waals surface area (Å²) in [6.07, 6.45) is 0.942. The Morgan fingerprint density at radius 2 is 1.72 bits per heavy atom. The monoisotopic (exact) mass is 421 g/mol. The van der Waals surface area contributed by atoms with Crippen molar-refractivity contribution in [2.24, 2.45) is 0 Å². The van der Waals surface area contributed by atoms with Gasteiger partial charge in [-0.15, -0.1) is 11.3 Å². The molecular weight excluding hydrogens is 398 g/mol. The van der Waals surface area contributed by atoms with Gasteiger partial charge in [0.05, 0.1) is 5.39 Å². The van der Waals surface area contributed by atoms with E-state index in [1.807, 2.05) is 18.2 Å². The summed E-state index contributed by atoms with van der Waals surface area (Å²) in [5.74, 6) is 0.873. The number of hydrogen-bond acceptors (Lipinski definition) is 4. The van der Waals surface area contributed by atoms with E-state index in [9.17, 15) is 0 Å². The van der Waals surface area contributed by atoms with Crippen molar-refractivity contribution in [2.45, 2.75) is 34.1 Å². The lowest BCUT2D eigenvalue weighted by molar-refractivity contribution is 0.991. The standard InChI is InChI=1S/C24H24ClN3S/c1-5-19-20(17-13-12-15(3)16(4)14-17)21-22(26-24(25)27-23(21)29-19)28(6-2)18-10-8-7-9-11-18/h7-14H,5-6H2,1-4H3. The third-order valence-corrected chi connectivity index (χ3v) is 6.73. The van der Waals surface area contributed by atoms with Crippen LogP contribution >= 0.6 is 22.9 Å². The largest absolute Gasteiger partial charge is 0.326 e. The maximum atomic E-state index is 6.37. The van der Waals surface area contributed by atoms with E-state index >= 15 is 0 Å². The zero-order valence-corrected chi connectivity index (χ0v) is 18.7. The molecule has 0 saturated heterocycles. The first-order chi connectivity index (χ1) is 14.0. The van der Waals surface area contributed by atoms with Gasteiger partial charge in [0.25, 0.3) is 0 Å². The topological polar surface area (TPSA) is 29.0 Å². The molecule has 2 aromatic heterocycles. The highest BCUT2D eigenvalue weighted by atomic mass is 35.5. The van der Waals surface area contributed by atoms with Crippen LogP contribution < -0.4 is 4.90 Å². The summed E-state index contributed by atoms with van der Waals surface area (Å²) in [5, 5.41) is 1.38. The quantitative estimate of drug-likeness (QED) is 0.315. The molecule has 0 unspecified atom stereocenters. The van der Waals surface area contributed by atoms with E-state index in [0.29, 0.717) is 0 Å². The number of rotatable bonds is 5. The Labute approximate surface area is 181 Å². The van der Waals surface area contributed by atoms with Gasteiger partial charge in [-0.1, -0.05) is 43.3 Å². The summed E-state index contributed by atoms with van der Waals surface area (Å²) >= 11 is 8.08. The second kappa shape index (κ2) is 8.13. The average Bonchev–Trinajstić information content (AvgIpc) is 3.09. The van der Waals surface area contributed by atoms with Gasteiger partial charge in [-0.05, 0) is 67.6 Å². The molecule has 148 valence electrons. The van der Waals surface area contributed by atoms with E-state index in [2.05, 4.69) is 67.9 Å². The SMILES string of the molecule is CCc1sc2nc(Cl)nc(N(CC)c3ccccc3)c2c1-c1ccc(C)c(C)c1. The second-order valence-electron chi connectivity index (χ2n) is 7.13. The maximum absolute atomic E-state index is 6.37. The Morgan fingerprint density at radius 1 is 0.966 bits per heavy atom. The maximum Gasteiger partial charge on any atom is 0.225 e. The summed E-state index contributed by atoms with van der Waals surface area (Å²) < 4.78 is 0. The molecule has 0 spiro atoms. The second-order valence-corrected chi connectivity index (χ2v) is 8.55. The van der Waals surface area contributed by atoms with Gasteiger partial charge < -0.3 is 4.90 Å². The van der Waals surface area contributed by atoms with Crippen molar-refractivity contribution < 1.29 is 0 Å². The minimum atomic E-state index is 0.289. The average molecular weight is 422 g/mol. The molecule has 3 nitrogen and oxygen atoms in total. The minimum absolute atomic E-state index is 0.289. The summed E-state index contributed by atoms with van der Waals surface area (Å²) in [7, 11) is 0. The van der Waals surface area contributed by atoms with Crippen LogP contribution in [0.2, 0.25) is 5.28 Å². The van der Waals surface area contributed by atoms with E-state index in [4.69, 9.17) is 16.6 Å². The molecule has 2 heterocycles. The molecule has 0 N–H and O–H groups in total.